The Morgan fingerprint density at radius 2 is 1.76 bits per heavy atom. The number of carboxylic acid groups (broad SMARTS) is 1. The van der Waals surface area contributed by atoms with Crippen molar-refractivity contribution in [3.8, 4) is 0 Å². The standard InChI is InChI=1S/C13H16O4/c1-8(2)9(3)17-13(16)11-6-4-5-10(7-11)12(14)15/h4-9H,1-3H3,(H,14,15). The minimum atomic E-state index is -1.06. The summed E-state index contributed by atoms with van der Waals surface area (Å²) in [6.07, 6.45) is -0.198. The number of carbonyl (C=O) groups excluding carboxylic acids is 1. The van der Waals surface area contributed by atoms with Crippen LogP contribution in [0.5, 0.6) is 0 Å². The lowest BCUT2D eigenvalue weighted by Gasteiger charge is -2.16. The smallest absolute Gasteiger partial charge is 0.338 e. The Balaban J connectivity index is 2.82. The Labute approximate surface area is 100 Å². The molecule has 17 heavy (non-hydrogen) atoms. The lowest BCUT2D eigenvalue weighted by molar-refractivity contribution is 0.0238. The second-order valence-corrected chi connectivity index (χ2v) is 4.24. The molecule has 0 aliphatic rings. The molecule has 0 aliphatic carbocycles. The molecule has 0 amide bonds. The van der Waals surface area contributed by atoms with E-state index in [0.717, 1.165) is 0 Å². The molecule has 4 nitrogen and oxygen atoms in total. The van der Waals surface area contributed by atoms with Crippen LogP contribution in [0.4, 0.5) is 0 Å². The van der Waals surface area contributed by atoms with Crippen LogP contribution in [0.3, 0.4) is 0 Å². The van der Waals surface area contributed by atoms with Gasteiger partial charge in [-0.15, -0.1) is 0 Å². The van der Waals surface area contributed by atoms with Gasteiger partial charge in [0.1, 0.15) is 6.10 Å². The number of carbonyl (C=O) groups is 2. The van der Waals surface area contributed by atoms with E-state index in [1.165, 1.54) is 18.2 Å². The molecule has 0 bridgehead atoms. The van der Waals surface area contributed by atoms with E-state index in [-0.39, 0.29) is 23.1 Å². The molecule has 4 heteroatoms. The first-order chi connectivity index (χ1) is 7.91. The second-order valence-electron chi connectivity index (χ2n) is 4.24. The molecule has 0 aliphatic heterocycles. The van der Waals surface area contributed by atoms with E-state index in [1.54, 1.807) is 6.07 Å². The average molecular weight is 236 g/mol. The van der Waals surface area contributed by atoms with E-state index in [1.807, 2.05) is 20.8 Å². The Kier molecular flexibility index (Phi) is 4.26. The Bertz CT molecular complexity index is 423. The van der Waals surface area contributed by atoms with Crippen LogP contribution in [0.2, 0.25) is 0 Å². The van der Waals surface area contributed by atoms with E-state index in [2.05, 4.69) is 0 Å². The number of hydrogen-bond acceptors (Lipinski definition) is 3. The molecule has 1 atom stereocenters. The number of hydrogen-bond donors (Lipinski definition) is 1. The summed E-state index contributed by atoms with van der Waals surface area (Å²) >= 11 is 0. The normalized spacial score (nSPS) is 12.2. The van der Waals surface area contributed by atoms with Crippen LogP contribution >= 0.6 is 0 Å². The topological polar surface area (TPSA) is 63.6 Å². The van der Waals surface area contributed by atoms with Crippen LogP contribution in [0, 0.1) is 5.92 Å². The molecule has 0 fully saturated rings. The molecule has 1 rings (SSSR count). The van der Waals surface area contributed by atoms with E-state index >= 15 is 0 Å². The lowest BCUT2D eigenvalue weighted by Crippen LogP contribution is -2.20. The van der Waals surface area contributed by atoms with Crippen LogP contribution in [0.1, 0.15) is 41.5 Å². The van der Waals surface area contributed by atoms with Crippen molar-refractivity contribution >= 4 is 11.9 Å². The van der Waals surface area contributed by atoms with Gasteiger partial charge in [-0.2, -0.15) is 0 Å². The SMILES string of the molecule is CC(C)C(C)OC(=O)c1cccc(C(=O)O)c1. The molecule has 0 radical (unpaired) electrons. The summed E-state index contributed by atoms with van der Waals surface area (Å²) in [7, 11) is 0. The Morgan fingerprint density at radius 3 is 2.29 bits per heavy atom. The molecule has 0 saturated carbocycles. The van der Waals surface area contributed by atoms with Crippen molar-refractivity contribution in [2.45, 2.75) is 26.9 Å². The summed E-state index contributed by atoms with van der Waals surface area (Å²) in [5.41, 5.74) is 0.342. The van der Waals surface area contributed by atoms with Crippen LogP contribution in [0.25, 0.3) is 0 Å². The summed E-state index contributed by atoms with van der Waals surface area (Å²) in [5, 5.41) is 8.81. The minimum Gasteiger partial charge on any atom is -0.478 e. The van der Waals surface area contributed by atoms with Gasteiger partial charge in [0.15, 0.2) is 0 Å². The third-order valence-corrected chi connectivity index (χ3v) is 2.58. The molecular formula is C13H16O4. The van der Waals surface area contributed by atoms with Gasteiger partial charge in [-0.05, 0) is 31.0 Å². The first kappa shape index (κ1) is 13.2. The van der Waals surface area contributed by atoms with Crippen molar-refractivity contribution in [3.05, 3.63) is 35.4 Å². The molecule has 1 N–H and O–H groups in total. The van der Waals surface area contributed by atoms with Gasteiger partial charge in [0.2, 0.25) is 0 Å². The number of aromatic carboxylic acids is 1. The molecule has 1 aromatic carbocycles. The molecule has 1 aromatic rings. The molecule has 0 saturated heterocycles. The first-order valence-electron chi connectivity index (χ1n) is 5.46. The molecular weight excluding hydrogens is 220 g/mol. The summed E-state index contributed by atoms with van der Waals surface area (Å²) in [5.74, 6) is -1.33. The summed E-state index contributed by atoms with van der Waals surface area (Å²) in [6, 6.07) is 5.82. The van der Waals surface area contributed by atoms with Crippen molar-refractivity contribution < 1.29 is 19.4 Å². The van der Waals surface area contributed by atoms with Gasteiger partial charge >= 0.3 is 11.9 Å². The maximum atomic E-state index is 11.7. The predicted octanol–water partition coefficient (Wildman–Crippen LogP) is 2.59. The number of carboxylic acids is 1. The van der Waals surface area contributed by atoms with Crippen molar-refractivity contribution in [1.82, 2.24) is 0 Å². The van der Waals surface area contributed by atoms with Gasteiger partial charge in [-0.1, -0.05) is 19.9 Å². The van der Waals surface area contributed by atoms with Crippen molar-refractivity contribution in [2.75, 3.05) is 0 Å². The maximum absolute atomic E-state index is 11.7. The van der Waals surface area contributed by atoms with Crippen molar-refractivity contribution in [3.63, 3.8) is 0 Å². The second kappa shape index (κ2) is 5.48. The number of benzene rings is 1. The molecule has 0 heterocycles. The van der Waals surface area contributed by atoms with E-state index < -0.39 is 11.9 Å². The molecule has 1 unspecified atom stereocenters. The summed E-state index contributed by atoms with van der Waals surface area (Å²) in [4.78, 5) is 22.5. The fourth-order valence-electron chi connectivity index (χ4n) is 1.15. The summed E-state index contributed by atoms with van der Waals surface area (Å²) in [6.45, 7) is 5.71. The fraction of sp³-hybridized carbons (Fsp3) is 0.385. The monoisotopic (exact) mass is 236 g/mol. The Hall–Kier alpha value is -1.84. The molecule has 92 valence electrons. The van der Waals surface area contributed by atoms with Crippen LogP contribution < -0.4 is 0 Å². The average Bonchev–Trinajstić information content (AvgIpc) is 2.28. The Morgan fingerprint density at radius 1 is 1.18 bits per heavy atom. The van der Waals surface area contributed by atoms with Crippen LogP contribution in [-0.4, -0.2) is 23.1 Å². The lowest BCUT2D eigenvalue weighted by atomic mass is 10.1. The maximum Gasteiger partial charge on any atom is 0.338 e. The van der Waals surface area contributed by atoms with Crippen molar-refractivity contribution in [1.29, 1.82) is 0 Å². The van der Waals surface area contributed by atoms with E-state index in [9.17, 15) is 9.59 Å². The first-order valence-corrected chi connectivity index (χ1v) is 5.46. The van der Waals surface area contributed by atoms with Crippen LogP contribution in [-0.2, 0) is 4.74 Å². The fourth-order valence-corrected chi connectivity index (χ4v) is 1.15. The van der Waals surface area contributed by atoms with E-state index in [0.29, 0.717) is 0 Å². The highest BCUT2D eigenvalue weighted by Crippen LogP contribution is 2.11. The zero-order valence-electron chi connectivity index (χ0n) is 10.1. The molecule has 0 spiro atoms. The quantitative estimate of drug-likeness (QED) is 0.816. The number of ether oxygens (including phenoxy) is 1. The number of rotatable bonds is 4. The van der Waals surface area contributed by atoms with Gasteiger partial charge in [0, 0.05) is 0 Å². The third kappa shape index (κ3) is 3.59. The predicted molar refractivity (Wildman–Crippen MR) is 63.1 cm³/mol. The highest BCUT2D eigenvalue weighted by atomic mass is 16.5. The minimum absolute atomic E-state index is 0.0802. The molecule has 0 aromatic heterocycles. The van der Waals surface area contributed by atoms with Gasteiger partial charge in [-0.3, -0.25) is 0 Å². The van der Waals surface area contributed by atoms with Gasteiger partial charge in [0.25, 0.3) is 0 Å². The summed E-state index contributed by atoms with van der Waals surface area (Å²) < 4.78 is 5.20. The van der Waals surface area contributed by atoms with Gasteiger partial charge in [0.05, 0.1) is 11.1 Å². The third-order valence-electron chi connectivity index (χ3n) is 2.58. The highest BCUT2D eigenvalue weighted by molar-refractivity contribution is 5.94. The van der Waals surface area contributed by atoms with Gasteiger partial charge < -0.3 is 9.84 Å². The highest BCUT2D eigenvalue weighted by Gasteiger charge is 2.15. The number of esters is 1. The van der Waals surface area contributed by atoms with Crippen molar-refractivity contribution in [2.24, 2.45) is 5.92 Å². The van der Waals surface area contributed by atoms with E-state index in [4.69, 9.17) is 9.84 Å². The zero-order valence-corrected chi connectivity index (χ0v) is 10.1. The zero-order chi connectivity index (χ0) is 13.0. The van der Waals surface area contributed by atoms with Crippen LogP contribution in [0.15, 0.2) is 24.3 Å². The largest absolute Gasteiger partial charge is 0.478 e. The van der Waals surface area contributed by atoms with Gasteiger partial charge in [-0.25, -0.2) is 9.59 Å².